The maximum absolute atomic E-state index is 5.48. The third-order valence-electron chi connectivity index (χ3n) is 6.33. The van der Waals surface area contributed by atoms with Gasteiger partial charge >= 0.3 is 0 Å². The molecule has 2 heterocycles. The number of aliphatic imine (C=N–C) groups is 1. The number of guanidine groups is 1. The van der Waals surface area contributed by atoms with Crippen LogP contribution in [-0.2, 0) is 17.8 Å². The molecule has 1 atom stereocenters. The van der Waals surface area contributed by atoms with Gasteiger partial charge in [-0.1, -0.05) is 31.2 Å². The van der Waals surface area contributed by atoms with Gasteiger partial charge in [-0.2, -0.15) is 0 Å². The Balaban J connectivity index is 0.00000341. The van der Waals surface area contributed by atoms with Gasteiger partial charge in [0.1, 0.15) is 0 Å². The van der Waals surface area contributed by atoms with Crippen molar-refractivity contribution in [3.05, 3.63) is 35.4 Å². The number of ether oxygens (including phenoxy) is 1. The number of nitrogens with one attached hydrogen (secondary N) is 2. The van der Waals surface area contributed by atoms with Crippen molar-refractivity contribution in [2.45, 2.75) is 33.0 Å². The highest BCUT2D eigenvalue weighted by atomic mass is 127. The second-order valence-electron chi connectivity index (χ2n) is 8.28. The average Bonchev–Trinajstić information content (AvgIpc) is 2.80. The minimum atomic E-state index is 0. The van der Waals surface area contributed by atoms with E-state index < -0.39 is 0 Å². The Bertz CT molecular complexity index is 659. The third kappa shape index (κ3) is 8.49. The van der Waals surface area contributed by atoms with Crippen molar-refractivity contribution in [2.24, 2.45) is 4.99 Å². The highest BCUT2D eigenvalue weighted by Gasteiger charge is 2.20. The van der Waals surface area contributed by atoms with Crippen LogP contribution in [0.1, 0.15) is 25.0 Å². The molecule has 2 aliphatic rings. The van der Waals surface area contributed by atoms with Crippen LogP contribution in [0.4, 0.5) is 0 Å². The maximum Gasteiger partial charge on any atom is 0.191 e. The minimum absolute atomic E-state index is 0. The number of likely N-dealkylation sites (N-methyl/N-ethyl adjacent to an activating group) is 1. The fourth-order valence-electron chi connectivity index (χ4n) is 4.18. The highest BCUT2D eigenvalue weighted by Crippen LogP contribution is 2.13. The SMILES string of the molecule is CCN1CCN(C(C)CNC(=NC)NCc2ccccc2CN2CCOCC2)CC1.I. The van der Waals surface area contributed by atoms with Crippen LogP contribution in [0.3, 0.4) is 0 Å². The molecule has 1 aromatic rings. The number of hydrogen-bond acceptors (Lipinski definition) is 5. The fourth-order valence-corrected chi connectivity index (χ4v) is 4.18. The van der Waals surface area contributed by atoms with Gasteiger partial charge in [-0.05, 0) is 24.6 Å². The first kappa shape index (κ1) is 26.3. The summed E-state index contributed by atoms with van der Waals surface area (Å²) in [5.74, 6) is 0.871. The molecule has 1 aromatic carbocycles. The van der Waals surface area contributed by atoms with Crippen LogP contribution >= 0.6 is 24.0 Å². The second-order valence-corrected chi connectivity index (χ2v) is 8.28. The van der Waals surface area contributed by atoms with Crippen molar-refractivity contribution in [2.75, 3.05) is 72.6 Å². The maximum atomic E-state index is 5.48. The Morgan fingerprint density at radius 3 is 2.32 bits per heavy atom. The summed E-state index contributed by atoms with van der Waals surface area (Å²) in [7, 11) is 1.85. The van der Waals surface area contributed by atoms with E-state index in [4.69, 9.17) is 4.74 Å². The molecule has 3 rings (SSSR count). The third-order valence-corrected chi connectivity index (χ3v) is 6.33. The van der Waals surface area contributed by atoms with Gasteiger partial charge in [0.2, 0.25) is 0 Å². The normalized spacial score (nSPS) is 20.2. The summed E-state index contributed by atoms with van der Waals surface area (Å²) in [6.07, 6.45) is 0. The van der Waals surface area contributed by atoms with E-state index in [1.54, 1.807) is 0 Å². The molecule has 2 N–H and O–H groups in total. The molecule has 0 aromatic heterocycles. The number of piperazine rings is 1. The smallest absolute Gasteiger partial charge is 0.191 e. The number of hydrogen-bond donors (Lipinski definition) is 2. The number of morpholine rings is 1. The van der Waals surface area contributed by atoms with Gasteiger partial charge in [0.05, 0.1) is 13.2 Å². The Morgan fingerprint density at radius 2 is 1.68 bits per heavy atom. The van der Waals surface area contributed by atoms with Gasteiger partial charge in [0.15, 0.2) is 5.96 Å². The Kier molecular flexibility index (Phi) is 12.1. The molecule has 2 aliphatic heterocycles. The average molecular weight is 545 g/mol. The standard InChI is InChI=1S/C23H40N6O.HI/c1-4-27-9-11-29(12-10-27)20(2)17-25-23(24-3)26-18-21-7-5-6-8-22(21)19-28-13-15-30-16-14-28;/h5-8,20H,4,9-19H2,1-3H3,(H2,24,25,26);1H. The topological polar surface area (TPSA) is 55.4 Å². The molecule has 0 aliphatic carbocycles. The summed E-state index contributed by atoms with van der Waals surface area (Å²) in [5, 5.41) is 7.03. The second kappa shape index (κ2) is 14.3. The molecular formula is C23H41IN6O. The van der Waals surface area contributed by atoms with Crippen LogP contribution in [0.5, 0.6) is 0 Å². The lowest BCUT2D eigenvalue weighted by molar-refractivity contribution is 0.0341. The zero-order chi connectivity index (χ0) is 21.2. The van der Waals surface area contributed by atoms with Gasteiger partial charge in [-0.25, -0.2) is 0 Å². The molecule has 1 unspecified atom stereocenters. The monoisotopic (exact) mass is 544 g/mol. The van der Waals surface area contributed by atoms with E-state index in [9.17, 15) is 0 Å². The summed E-state index contributed by atoms with van der Waals surface area (Å²) in [6.45, 7) is 16.7. The number of rotatable bonds is 8. The molecule has 2 fully saturated rings. The first-order valence-electron chi connectivity index (χ1n) is 11.5. The van der Waals surface area contributed by atoms with E-state index in [2.05, 4.69) is 68.4 Å². The summed E-state index contributed by atoms with van der Waals surface area (Å²) in [4.78, 5) is 12.0. The molecule has 2 saturated heterocycles. The lowest BCUT2D eigenvalue weighted by Crippen LogP contribution is -2.53. The number of halogens is 1. The Hall–Kier alpha value is -0.940. The first-order valence-corrected chi connectivity index (χ1v) is 11.5. The van der Waals surface area contributed by atoms with Crippen LogP contribution in [0.2, 0.25) is 0 Å². The summed E-state index contributed by atoms with van der Waals surface area (Å²) in [6, 6.07) is 9.20. The molecule has 31 heavy (non-hydrogen) atoms. The molecule has 0 amide bonds. The quantitative estimate of drug-likeness (QED) is 0.296. The predicted molar refractivity (Wildman–Crippen MR) is 139 cm³/mol. The molecule has 0 bridgehead atoms. The van der Waals surface area contributed by atoms with Crippen LogP contribution in [-0.4, -0.2) is 99.3 Å². The van der Waals surface area contributed by atoms with Crippen LogP contribution in [0, 0.1) is 0 Å². The number of benzene rings is 1. The van der Waals surface area contributed by atoms with E-state index in [0.29, 0.717) is 6.04 Å². The molecule has 176 valence electrons. The van der Waals surface area contributed by atoms with E-state index in [-0.39, 0.29) is 24.0 Å². The Morgan fingerprint density at radius 1 is 1.00 bits per heavy atom. The zero-order valence-electron chi connectivity index (χ0n) is 19.5. The summed E-state index contributed by atoms with van der Waals surface area (Å²) in [5.41, 5.74) is 2.71. The van der Waals surface area contributed by atoms with Crippen molar-refractivity contribution < 1.29 is 4.74 Å². The summed E-state index contributed by atoms with van der Waals surface area (Å²) < 4.78 is 5.48. The van der Waals surface area contributed by atoms with E-state index in [1.807, 2.05) is 7.05 Å². The summed E-state index contributed by atoms with van der Waals surface area (Å²) >= 11 is 0. The molecule has 8 heteroatoms. The fraction of sp³-hybridized carbons (Fsp3) is 0.696. The van der Waals surface area contributed by atoms with Crippen LogP contribution in [0.25, 0.3) is 0 Å². The van der Waals surface area contributed by atoms with Gasteiger partial charge in [0.25, 0.3) is 0 Å². The predicted octanol–water partition coefficient (Wildman–Crippen LogP) is 1.83. The number of nitrogens with zero attached hydrogens (tertiary/aromatic N) is 4. The van der Waals surface area contributed by atoms with Crippen LogP contribution in [0.15, 0.2) is 29.3 Å². The molecule has 7 nitrogen and oxygen atoms in total. The van der Waals surface area contributed by atoms with E-state index >= 15 is 0 Å². The molecular weight excluding hydrogens is 503 g/mol. The van der Waals surface area contributed by atoms with Gasteiger partial charge in [-0.3, -0.25) is 14.8 Å². The first-order chi connectivity index (χ1) is 14.7. The largest absolute Gasteiger partial charge is 0.379 e. The highest BCUT2D eigenvalue weighted by molar-refractivity contribution is 14.0. The van der Waals surface area contributed by atoms with E-state index in [0.717, 1.165) is 71.5 Å². The van der Waals surface area contributed by atoms with Crippen LogP contribution < -0.4 is 10.6 Å². The van der Waals surface area contributed by atoms with E-state index in [1.165, 1.54) is 24.2 Å². The van der Waals surface area contributed by atoms with Gasteiger partial charge < -0.3 is 20.3 Å². The van der Waals surface area contributed by atoms with Gasteiger partial charge in [-0.15, -0.1) is 24.0 Å². The lowest BCUT2D eigenvalue weighted by Gasteiger charge is -2.37. The zero-order valence-corrected chi connectivity index (χ0v) is 21.8. The minimum Gasteiger partial charge on any atom is -0.379 e. The van der Waals surface area contributed by atoms with Crippen molar-refractivity contribution >= 4 is 29.9 Å². The van der Waals surface area contributed by atoms with Crippen molar-refractivity contribution in [3.63, 3.8) is 0 Å². The van der Waals surface area contributed by atoms with Crippen molar-refractivity contribution in [1.29, 1.82) is 0 Å². The van der Waals surface area contributed by atoms with Gasteiger partial charge in [0, 0.05) is 72.0 Å². The Labute approximate surface area is 205 Å². The van der Waals surface area contributed by atoms with Crippen molar-refractivity contribution in [1.82, 2.24) is 25.3 Å². The molecule has 0 radical (unpaired) electrons. The lowest BCUT2D eigenvalue weighted by atomic mass is 10.1. The van der Waals surface area contributed by atoms with Crippen molar-refractivity contribution in [3.8, 4) is 0 Å². The molecule has 0 spiro atoms. The molecule has 0 saturated carbocycles.